The molecule has 0 fully saturated rings. The Bertz CT molecular complexity index is 1050. The van der Waals surface area contributed by atoms with Crippen molar-refractivity contribution >= 4 is 16.9 Å². The Morgan fingerprint density at radius 1 is 1.11 bits per heavy atom. The van der Waals surface area contributed by atoms with E-state index in [2.05, 4.69) is 10.3 Å². The van der Waals surface area contributed by atoms with Crippen LogP contribution in [0.15, 0.2) is 53.5 Å². The van der Waals surface area contributed by atoms with Crippen LogP contribution in [0.1, 0.15) is 29.8 Å². The molecule has 0 radical (unpaired) electrons. The number of nitrogens with zero attached hydrogens (tertiary/aromatic N) is 2. The molecule has 1 heterocycles. The van der Waals surface area contributed by atoms with Crippen molar-refractivity contribution in [2.24, 2.45) is 0 Å². The van der Waals surface area contributed by atoms with E-state index in [0.29, 0.717) is 16.6 Å². The molecule has 140 valence electrons. The third-order valence-electron chi connectivity index (χ3n) is 3.89. The number of halogens is 3. The maximum atomic E-state index is 12.7. The number of rotatable bonds is 3. The fraction of sp³-hybridized carbons (Fsp3) is 0.211. The highest BCUT2D eigenvalue weighted by Gasteiger charge is 2.30. The largest absolute Gasteiger partial charge is 0.416 e. The molecular formula is C19H16F3N3O2. The quantitative estimate of drug-likeness (QED) is 0.762. The van der Waals surface area contributed by atoms with Crippen LogP contribution in [0, 0.1) is 0 Å². The number of hydrogen-bond donors (Lipinski definition) is 1. The van der Waals surface area contributed by atoms with Crippen LogP contribution in [0.2, 0.25) is 0 Å². The van der Waals surface area contributed by atoms with Crippen molar-refractivity contribution < 1.29 is 18.0 Å². The van der Waals surface area contributed by atoms with Gasteiger partial charge in [-0.1, -0.05) is 0 Å². The summed E-state index contributed by atoms with van der Waals surface area (Å²) in [6.45, 7) is 3.67. The van der Waals surface area contributed by atoms with Gasteiger partial charge in [0.2, 0.25) is 0 Å². The van der Waals surface area contributed by atoms with Gasteiger partial charge in [0.05, 0.1) is 22.8 Å². The van der Waals surface area contributed by atoms with Crippen molar-refractivity contribution in [1.29, 1.82) is 0 Å². The molecule has 1 amide bonds. The highest BCUT2D eigenvalue weighted by atomic mass is 19.4. The summed E-state index contributed by atoms with van der Waals surface area (Å²) in [5.74, 6) is -0.277. The smallest absolute Gasteiger partial charge is 0.350 e. The van der Waals surface area contributed by atoms with Gasteiger partial charge in [-0.2, -0.15) is 13.2 Å². The van der Waals surface area contributed by atoms with Crippen molar-refractivity contribution in [2.75, 3.05) is 0 Å². The van der Waals surface area contributed by atoms with Crippen LogP contribution in [0.4, 0.5) is 13.2 Å². The number of amides is 1. The highest BCUT2D eigenvalue weighted by Crippen LogP contribution is 2.29. The Labute approximate surface area is 152 Å². The predicted molar refractivity (Wildman–Crippen MR) is 94.9 cm³/mol. The van der Waals surface area contributed by atoms with Crippen molar-refractivity contribution in [2.45, 2.75) is 26.1 Å². The van der Waals surface area contributed by atoms with E-state index in [1.54, 1.807) is 12.1 Å². The number of benzene rings is 2. The number of aromatic nitrogens is 2. The van der Waals surface area contributed by atoms with Crippen LogP contribution < -0.4 is 10.9 Å². The number of carbonyl (C=O) groups is 1. The van der Waals surface area contributed by atoms with Gasteiger partial charge in [-0.25, -0.2) is 4.98 Å². The zero-order valence-electron chi connectivity index (χ0n) is 14.5. The minimum atomic E-state index is -4.46. The molecule has 1 aromatic heterocycles. The summed E-state index contributed by atoms with van der Waals surface area (Å²) in [6, 6.07) is 8.87. The summed E-state index contributed by atoms with van der Waals surface area (Å²) in [6.07, 6.45) is -3.38. The third-order valence-corrected chi connectivity index (χ3v) is 3.89. The molecule has 0 aliphatic rings. The second-order valence-electron chi connectivity index (χ2n) is 6.31. The molecule has 0 aliphatic heterocycles. The van der Waals surface area contributed by atoms with Crippen LogP contribution in [-0.2, 0) is 6.18 Å². The Hall–Kier alpha value is -3.16. The molecule has 3 rings (SSSR count). The molecule has 0 saturated heterocycles. The number of carbonyl (C=O) groups excluding carboxylic acids is 1. The average Bonchev–Trinajstić information content (AvgIpc) is 2.60. The molecule has 0 bridgehead atoms. The molecule has 27 heavy (non-hydrogen) atoms. The molecule has 0 unspecified atom stereocenters. The molecule has 8 heteroatoms. The maximum absolute atomic E-state index is 12.7. The Morgan fingerprint density at radius 3 is 2.37 bits per heavy atom. The molecule has 5 nitrogen and oxygen atoms in total. The van der Waals surface area contributed by atoms with Crippen molar-refractivity contribution in [3.8, 4) is 5.69 Å². The maximum Gasteiger partial charge on any atom is 0.416 e. The second-order valence-corrected chi connectivity index (χ2v) is 6.31. The Morgan fingerprint density at radius 2 is 1.78 bits per heavy atom. The third kappa shape index (κ3) is 3.84. The summed E-state index contributed by atoms with van der Waals surface area (Å²) in [5.41, 5.74) is 0.141. The highest BCUT2D eigenvalue weighted by molar-refractivity contribution is 5.97. The predicted octanol–water partition coefficient (Wildman–Crippen LogP) is 3.54. The van der Waals surface area contributed by atoms with E-state index >= 15 is 0 Å². The fourth-order valence-electron chi connectivity index (χ4n) is 2.67. The van der Waals surface area contributed by atoms with Gasteiger partial charge in [-0.3, -0.25) is 14.2 Å². The number of fused-ring (bicyclic) bond motifs is 1. The Kier molecular flexibility index (Phi) is 4.73. The first kappa shape index (κ1) is 18.6. The van der Waals surface area contributed by atoms with Crippen LogP contribution in [0.3, 0.4) is 0 Å². The number of nitrogens with one attached hydrogen (secondary N) is 1. The van der Waals surface area contributed by atoms with Gasteiger partial charge in [-0.15, -0.1) is 0 Å². The molecule has 2 aromatic carbocycles. The van der Waals surface area contributed by atoms with E-state index in [1.165, 1.54) is 22.8 Å². The van der Waals surface area contributed by atoms with Gasteiger partial charge in [0.25, 0.3) is 11.5 Å². The number of hydrogen-bond acceptors (Lipinski definition) is 3. The summed E-state index contributed by atoms with van der Waals surface area (Å²) < 4.78 is 39.5. The van der Waals surface area contributed by atoms with Crippen molar-refractivity contribution in [1.82, 2.24) is 14.9 Å². The second kappa shape index (κ2) is 6.86. The molecule has 1 N–H and O–H groups in total. The molecular weight excluding hydrogens is 359 g/mol. The van der Waals surface area contributed by atoms with E-state index in [4.69, 9.17) is 0 Å². The molecule has 0 saturated carbocycles. The lowest BCUT2D eigenvalue weighted by atomic mass is 10.1. The van der Waals surface area contributed by atoms with Crippen LogP contribution in [-0.4, -0.2) is 21.5 Å². The average molecular weight is 375 g/mol. The molecule has 0 aliphatic carbocycles. The van der Waals surface area contributed by atoms with Gasteiger partial charge >= 0.3 is 6.18 Å². The SMILES string of the molecule is CC(C)NC(=O)c1ccc2c(c1)ncc(=O)n2-c1ccc(C(F)(F)F)cc1. The van der Waals surface area contributed by atoms with Gasteiger partial charge in [0, 0.05) is 17.3 Å². The van der Waals surface area contributed by atoms with E-state index in [9.17, 15) is 22.8 Å². The first-order valence-corrected chi connectivity index (χ1v) is 8.17. The van der Waals surface area contributed by atoms with E-state index in [-0.39, 0.29) is 17.6 Å². The fourth-order valence-corrected chi connectivity index (χ4v) is 2.67. The summed E-state index contributed by atoms with van der Waals surface area (Å²) in [4.78, 5) is 28.5. The normalized spacial score (nSPS) is 11.8. The van der Waals surface area contributed by atoms with Crippen LogP contribution in [0.5, 0.6) is 0 Å². The lowest BCUT2D eigenvalue weighted by molar-refractivity contribution is -0.137. The summed E-state index contributed by atoms with van der Waals surface area (Å²) in [7, 11) is 0. The molecule has 3 aromatic rings. The minimum absolute atomic E-state index is 0.0396. The Balaban J connectivity index is 2.09. The van der Waals surface area contributed by atoms with E-state index in [1.807, 2.05) is 13.8 Å². The van der Waals surface area contributed by atoms with Crippen molar-refractivity contribution in [3.63, 3.8) is 0 Å². The van der Waals surface area contributed by atoms with Crippen LogP contribution >= 0.6 is 0 Å². The van der Waals surface area contributed by atoms with Gasteiger partial charge < -0.3 is 5.32 Å². The zero-order valence-corrected chi connectivity index (χ0v) is 14.5. The first-order chi connectivity index (χ1) is 12.7. The lowest BCUT2D eigenvalue weighted by Gasteiger charge is -2.13. The van der Waals surface area contributed by atoms with Gasteiger partial charge in [0.1, 0.15) is 0 Å². The summed E-state index contributed by atoms with van der Waals surface area (Å²) >= 11 is 0. The zero-order chi connectivity index (χ0) is 19.8. The number of alkyl halides is 3. The lowest BCUT2D eigenvalue weighted by Crippen LogP contribution is -2.30. The molecule has 0 spiro atoms. The van der Waals surface area contributed by atoms with Gasteiger partial charge in [-0.05, 0) is 56.3 Å². The molecule has 0 atom stereocenters. The minimum Gasteiger partial charge on any atom is -0.350 e. The standard InChI is InChI=1S/C19H16F3N3O2/c1-11(2)24-18(27)12-3-8-16-15(9-12)23-10-17(26)25(16)14-6-4-13(5-7-14)19(20,21)22/h3-11H,1-2H3,(H,24,27). The topological polar surface area (TPSA) is 64.0 Å². The van der Waals surface area contributed by atoms with Gasteiger partial charge in [0.15, 0.2) is 0 Å². The van der Waals surface area contributed by atoms with E-state index < -0.39 is 17.3 Å². The summed E-state index contributed by atoms with van der Waals surface area (Å²) in [5, 5.41) is 2.76. The monoisotopic (exact) mass is 375 g/mol. The van der Waals surface area contributed by atoms with Crippen LogP contribution in [0.25, 0.3) is 16.7 Å². The first-order valence-electron chi connectivity index (χ1n) is 8.17. The van der Waals surface area contributed by atoms with E-state index in [0.717, 1.165) is 18.3 Å². The van der Waals surface area contributed by atoms with Crippen molar-refractivity contribution in [3.05, 3.63) is 70.1 Å².